The van der Waals surface area contributed by atoms with Gasteiger partial charge in [-0.1, -0.05) is 23.7 Å². The molecule has 0 amide bonds. The molecule has 1 atom stereocenters. The fraction of sp³-hybridized carbons (Fsp3) is 0.286. The molecule has 0 aliphatic heterocycles. The molecular formula is C14H16ClNO. The van der Waals surface area contributed by atoms with Crippen molar-refractivity contribution in [3.8, 4) is 0 Å². The Morgan fingerprint density at radius 2 is 2.18 bits per heavy atom. The van der Waals surface area contributed by atoms with Gasteiger partial charge in [-0.3, -0.25) is 0 Å². The summed E-state index contributed by atoms with van der Waals surface area (Å²) in [5.74, 6) is 0.938. The number of benzene rings is 1. The first kappa shape index (κ1) is 12.2. The Hall–Kier alpha value is -1.25. The lowest BCUT2D eigenvalue weighted by molar-refractivity contribution is 0.430. The molecule has 0 saturated carbocycles. The molecule has 0 spiro atoms. The minimum absolute atomic E-state index is 0.183. The van der Waals surface area contributed by atoms with E-state index < -0.39 is 0 Å². The molecule has 0 bridgehead atoms. The third-order valence-electron chi connectivity index (χ3n) is 2.78. The molecule has 2 aromatic rings. The van der Waals surface area contributed by atoms with E-state index >= 15 is 0 Å². The maximum absolute atomic E-state index is 6.17. The zero-order chi connectivity index (χ0) is 12.3. The molecule has 2 nitrogen and oxygen atoms in total. The molecule has 0 unspecified atom stereocenters. The highest BCUT2D eigenvalue weighted by Crippen LogP contribution is 2.19. The number of halogens is 1. The van der Waals surface area contributed by atoms with Crippen molar-refractivity contribution in [2.75, 3.05) is 0 Å². The molecule has 90 valence electrons. The van der Waals surface area contributed by atoms with Crippen LogP contribution in [0.2, 0.25) is 5.02 Å². The molecule has 0 saturated heterocycles. The first-order chi connectivity index (χ1) is 8.16. The smallest absolute Gasteiger partial charge is 0.120 e. The summed E-state index contributed by atoms with van der Waals surface area (Å²) in [7, 11) is 0. The van der Waals surface area contributed by atoms with Crippen LogP contribution in [0, 0.1) is 6.92 Å². The van der Waals surface area contributed by atoms with Gasteiger partial charge in [0.2, 0.25) is 0 Å². The summed E-state index contributed by atoms with van der Waals surface area (Å²) in [6.07, 6.45) is 1.69. The number of furan rings is 1. The average molecular weight is 250 g/mol. The monoisotopic (exact) mass is 249 g/mol. The Balaban J connectivity index is 1.98. The Morgan fingerprint density at radius 1 is 1.35 bits per heavy atom. The first-order valence-corrected chi connectivity index (χ1v) is 6.06. The van der Waals surface area contributed by atoms with Crippen molar-refractivity contribution in [2.45, 2.75) is 26.4 Å². The fourth-order valence-corrected chi connectivity index (χ4v) is 2.00. The summed E-state index contributed by atoms with van der Waals surface area (Å²) in [6, 6.07) is 10.2. The zero-order valence-electron chi connectivity index (χ0n) is 10.0. The SMILES string of the molecule is Cc1ccc(CN[C@@H](C)c2ccco2)c(Cl)c1. The third-order valence-corrected chi connectivity index (χ3v) is 3.13. The van der Waals surface area contributed by atoms with Crippen LogP contribution < -0.4 is 5.32 Å². The Morgan fingerprint density at radius 3 is 2.82 bits per heavy atom. The second-order valence-electron chi connectivity index (χ2n) is 4.21. The summed E-state index contributed by atoms with van der Waals surface area (Å²) < 4.78 is 5.34. The Bertz CT molecular complexity index is 479. The van der Waals surface area contributed by atoms with Gasteiger partial charge in [0.25, 0.3) is 0 Å². The number of hydrogen-bond acceptors (Lipinski definition) is 2. The molecule has 3 heteroatoms. The van der Waals surface area contributed by atoms with Crippen molar-refractivity contribution in [1.29, 1.82) is 0 Å². The first-order valence-electron chi connectivity index (χ1n) is 5.68. The lowest BCUT2D eigenvalue weighted by Gasteiger charge is -2.12. The highest BCUT2D eigenvalue weighted by Gasteiger charge is 2.08. The average Bonchev–Trinajstić information content (AvgIpc) is 2.81. The quantitative estimate of drug-likeness (QED) is 0.883. The summed E-state index contributed by atoms with van der Waals surface area (Å²) in [6.45, 7) is 4.84. The normalized spacial score (nSPS) is 12.6. The summed E-state index contributed by atoms with van der Waals surface area (Å²) >= 11 is 6.17. The van der Waals surface area contributed by atoms with Crippen LogP contribution in [0.3, 0.4) is 0 Å². The molecule has 2 rings (SSSR count). The van der Waals surface area contributed by atoms with Gasteiger partial charge in [0, 0.05) is 11.6 Å². The van der Waals surface area contributed by atoms with Crippen molar-refractivity contribution >= 4 is 11.6 Å². The summed E-state index contributed by atoms with van der Waals surface area (Å²) in [4.78, 5) is 0. The molecule has 1 aromatic carbocycles. The highest BCUT2D eigenvalue weighted by molar-refractivity contribution is 6.31. The molecule has 0 aliphatic carbocycles. The topological polar surface area (TPSA) is 25.2 Å². The maximum Gasteiger partial charge on any atom is 0.120 e. The highest BCUT2D eigenvalue weighted by atomic mass is 35.5. The van der Waals surface area contributed by atoms with Gasteiger partial charge in [-0.25, -0.2) is 0 Å². The van der Waals surface area contributed by atoms with Gasteiger partial charge >= 0.3 is 0 Å². The largest absolute Gasteiger partial charge is 0.468 e. The van der Waals surface area contributed by atoms with Crippen molar-refractivity contribution in [3.05, 3.63) is 58.5 Å². The lowest BCUT2D eigenvalue weighted by atomic mass is 10.1. The molecule has 1 N–H and O–H groups in total. The fourth-order valence-electron chi connectivity index (χ4n) is 1.70. The van der Waals surface area contributed by atoms with Crippen molar-refractivity contribution in [2.24, 2.45) is 0 Å². The van der Waals surface area contributed by atoms with Gasteiger partial charge in [-0.2, -0.15) is 0 Å². The van der Waals surface area contributed by atoms with Crippen LogP contribution >= 0.6 is 11.6 Å². The molecular weight excluding hydrogens is 234 g/mol. The van der Waals surface area contributed by atoms with E-state index in [1.54, 1.807) is 6.26 Å². The van der Waals surface area contributed by atoms with E-state index in [0.29, 0.717) is 0 Å². The third kappa shape index (κ3) is 3.11. The van der Waals surface area contributed by atoms with E-state index in [1.807, 2.05) is 25.1 Å². The Kier molecular flexibility index (Phi) is 3.87. The molecule has 17 heavy (non-hydrogen) atoms. The van der Waals surface area contributed by atoms with Gasteiger partial charge in [0.05, 0.1) is 12.3 Å². The molecule has 1 heterocycles. The van der Waals surface area contributed by atoms with Crippen molar-refractivity contribution in [1.82, 2.24) is 5.32 Å². The minimum Gasteiger partial charge on any atom is -0.468 e. The second-order valence-corrected chi connectivity index (χ2v) is 4.62. The van der Waals surface area contributed by atoms with E-state index in [4.69, 9.17) is 16.0 Å². The number of rotatable bonds is 4. The maximum atomic E-state index is 6.17. The van der Waals surface area contributed by atoms with Gasteiger partial charge in [0.1, 0.15) is 5.76 Å². The predicted molar refractivity (Wildman–Crippen MR) is 70.2 cm³/mol. The van der Waals surface area contributed by atoms with Crippen LogP contribution in [0.25, 0.3) is 0 Å². The second kappa shape index (κ2) is 5.39. The molecule has 0 aliphatic rings. The standard InChI is InChI=1S/C14H16ClNO/c1-10-5-6-12(13(15)8-10)9-16-11(2)14-4-3-7-17-14/h3-8,11,16H,9H2,1-2H3/t11-/m0/s1. The van der Waals surface area contributed by atoms with E-state index in [9.17, 15) is 0 Å². The number of hydrogen-bond donors (Lipinski definition) is 1. The number of nitrogens with one attached hydrogen (secondary N) is 1. The summed E-state index contributed by atoms with van der Waals surface area (Å²) in [5.41, 5.74) is 2.29. The zero-order valence-corrected chi connectivity index (χ0v) is 10.8. The predicted octanol–water partition coefficient (Wildman–Crippen LogP) is 4.09. The van der Waals surface area contributed by atoms with Gasteiger partial charge in [0.15, 0.2) is 0 Å². The van der Waals surface area contributed by atoms with Crippen LogP contribution in [0.4, 0.5) is 0 Å². The number of aryl methyl sites for hydroxylation is 1. The lowest BCUT2D eigenvalue weighted by Crippen LogP contribution is -2.17. The van der Waals surface area contributed by atoms with Crippen molar-refractivity contribution < 1.29 is 4.42 Å². The van der Waals surface area contributed by atoms with Crippen LogP contribution in [0.1, 0.15) is 29.9 Å². The van der Waals surface area contributed by atoms with Crippen LogP contribution in [-0.4, -0.2) is 0 Å². The van der Waals surface area contributed by atoms with E-state index in [-0.39, 0.29) is 6.04 Å². The molecule has 0 fully saturated rings. The van der Waals surface area contributed by atoms with Crippen molar-refractivity contribution in [3.63, 3.8) is 0 Å². The van der Waals surface area contributed by atoms with Crippen LogP contribution in [-0.2, 0) is 6.54 Å². The van der Waals surface area contributed by atoms with Crippen LogP contribution in [0.15, 0.2) is 41.0 Å². The van der Waals surface area contributed by atoms with E-state index in [0.717, 1.165) is 22.9 Å². The van der Waals surface area contributed by atoms with Gasteiger partial charge in [-0.15, -0.1) is 0 Å². The minimum atomic E-state index is 0.183. The molecule has 0 radical (unpaired) electrons. The molecule has 1 aromatic heterocycles. The van der Waals surface area contributed by atoms with Gasteiger partial charge in [-0.05, 0) is 43.2 Å². The van der Waals surface area contributed by atoms with Gasteiger partial charge < -0.3 is 9.73 Å². The van der Waals surface area contributed by atoms with E-state index in [2.05, 4.69) is 24.4 Å². The Labute approximate surface area is 107 Å². The van der Waals surface area contributed by atoms with E-state index in [1.165, 1.54) is 5.56 Å². The summed E-state index contributed by atoms with van der Waals surface area (Å²) in [5, 5.41) is 4.19. The van der Waals surface area contributed by atoms with Crippen LogP contribution in [0.5, 0.6) is 0 Å².